The van der Waals surface area contributed by atoms with Crippen LogP contribution in [0.15, 0.2) is 42.6 Å². The molecule has 0 unspecified atom stereocenters. The Bertz CT molecular complexity index is 601. The lowest BCUT2D eigenvalue weighted by atomic mass is 10.2. The largest absolute Gasteiger partial charge is 0.366 e. The lowest BCUT2D eigenvalue weighted by Gasteiger charge is -2.08. The first-order valence-corrected chi connectivity index (χ1v) is 7.00. The summed E-state index contributed by atoms with van der Waals surface area (Å²) < 4.78 is 0. The van der Waals surface area contributed by atoms with Crippen molar-refractivity contribution in [2.24, 2.45) is 5.73 Å². The van der Waals surface area contributed by atoms with Crippen LogP contribution < -0.4 is 16.4 Å². The van der Waals surface area contributed by atoms with Gasteiger partial charge in [-0.3, -0.25) is 4.79 Å². The molecular formula is C15H17ClN4O. The van der Waals surface area contributed by atoms with Crippen LogP contribution in [0.3, 0.4) is 0 Å². The molecule has 0 bridgehead atoms. The van der Waals surface area contributed by atoms with Gasteiger partial charge in [0.1, 0.15) is 5.82 Å². The first-order valence-electron chi connectivity index (χ1n) is 6.62. The second-order valence-corrected chi connectivity index (χ2v) is 4.87. The van der Waals surface area contributed by atoms with Crippen molar-refractivity contribution in [1.82, 2.24) is 4.98 Å². The Morgan fingerprint density at radius 3 is 2.71 bits per heavy atom. The number of nitrogens with two attached hydrogens (primary N) is 1. The van der Waals surface area contributed by atoms with Gasteiger partial charge in [-0.1, -0.05) is 29.8 Å². The van der Waals surface area contributed by atoms with Gasteiger partial charge in [0.05, 0.1) is 11.9 Å². The summed E-state index contributed by atoms with van der Waals surface area (Å²) in [7, 11) is 0. The van der Waals surface area contributed by atoms with E-state index in [9.17, 15) is 4.79 Å². The van der Waals surface area contributed by atoms with Crippen LogP contribution in [0.2, 0.25) is 5.02 Å². The molecule has 4 N–H and O–H groups in total. The molecule has 2 aromatic rings. The molecule has 21 heavy (non-hydrogen) atoms. The third kappa shape index (κ3) is 4.73. The summed E-state index contributed by atoms with van der Waals surface area (Å²) in [6, 6.07) is 11.2. The molecule has 110 valence electrons. The number of nitrogens with zero attached hydrogens (tertiary/aromatic N) is 1. The summed E-state index contributed by atoms with van der Waals surface area (Å²) in [4.78, 5) is 15.6. The monoisotopic (exact) mass is 304 g/mol. The maximum Gasteiger partial charge on any atom is 0.225 e. The molecule has 0 fully saturated rings. The standard InChI is InChI=1S/C15H17ClN4O/c16-13-4-2-1-3-11(13)9-18-14-6-5-12(10-19-14)20-15(21)7-8-17/h1-6,10H,7-9,17H2,(H,18,19)(H,20,21). The number of hydrogen-bond donors (Lipinski definition) is 3. The molecule has 5 nitrogen and oxygen atoms in total. The van der Waals surface area contributed by atoms with Crippen LogP contribution in [0.5, 0.6) is 0 Å². The quantitative estimate of drug-likeness (QED) is 0.766. The number of hydrogen-bond acceptors (Lipinski definition) is 4. The SMILES string of the molecule is NCCC(=O)Nc1ccc(NCc2ccccc2Cl)nc1. The zero-order chi connectivity index (χ0) is 15.1. The van der Waals surface area contributed by atoms with Gasteiger partial charge in [-0.25, -0.2) is 4.98 Å². The van der Waals surface area contributed by atoms with Gasteiger partial charge in [0, 0.05) is 24.5 Å². The van der Waals surface area contributed by atoms with E-state index in [1.165, 1.54) is 0 Å². The molecule has 0 aliphatic rings. The van der Waals surface area contributed by atoms with Crippen molar-refractivity contribution in [3.05, 3.63) is 53.2 Å². The molecule has 2 rings (SSSR count). The fraction of sp³-hybridized carbons (Fsp3) is 0.200. The zero-order valence-electron chi connectivity index (χ0n) is 11.5. The Balaban J connectivity index is 1.91. The molecule has 1 aromatic carbocycles. The highest BCUT2D eigenvalue weighted by atomic mass is 35.5. The first kappa shape index (κ1) is 15.3. The Labute approximate surface area is 128 Å². The minimum absolute atomic E-state index is 0.115. The van der Waals surface area contributed by atoms with Crippen LogP contribution in [-0.2, 0) is 11.3 Å². The molecule has 1 heterocycles. The highest BCUT2D eigenvalue weighted by molar-refractivity contribution is 6.31. The number of nitrogens with one attached hydrogen (secondary N) is 2. The molecule has 0 saturated carbocycles. The number of aromatic nitrogens is 1. The molecule has 6 heteroatoms. The Kier molecular flexibility index (Phi) is 5.54. The number of pyridine rings is 1. The maximum atomic E-state index is 11.4. The molecule has 0 aliphatic carbocycles. The Morgan fingerprint density at radius 2 is 2.05 bits per heavy atom. The van der Waals surface area contributed by atoms with Gasteiger partial charge < -0.3 is 16.4 Å². The van der Waals surface area contributed by atoms with Crippen LogP contribution >= 0.6 is 11.6 Å². The highest BCUT2D eigenvalue weighted by Gasteiger charge is 2.02. The lowest BCUT2D eigenvalue weighted by molar-refractivity contribution is -0.116. The average Bonchev–Trinajstić information content (AvgIpc) is 2.48. The smallest absolute Gasteiger partial charge is 0.225 e. The molecule has 1 aromatic heterocycles. The fourth-order valence-electron chi connectivity index (χ4n) is 1.75. The third-order valence-electron chi connectivity index (χ3n) is 2.84. The summed E-state index contributed by atoms with van der Waals surface area (Å²) >= 11 is 6.08. The first-order chi connectivity index (χ1) is 10.2. The second-order valence-electron chi connectivity index (χ2n) is 4.46. The van der Waals surface area contributed by atoms with Gasteiger partial charge in [-0.2, -0.15) is 0 Å². The van der Waals surface area contributed by atoms with Gasteiger partial charge in [0.2, 0.25) is 5.91 Å². The molecule has 1 amide bonds. The third-order valence-corrected chi connectivity index (χ3v) is 3.21. The number of anilines is 2. The predicted molar refractivity (Wildman–Crippen MR) is 85.3 cm³/mol. The second kappa shape index (κ2) is 7.61. The van der Waals surface area contributed by atoms with E-state index in [4.69, 9.17) is 17.3 Å². The minimum atomic E-state index is -0.115. The Morgan fingerprint density at radius 1 is 1.24 bits per heavy atom. The highest BCUT2D eigenvalue weighted by Crippen LogP contribution is 2.17. The number of carbonyl (C=O) groups is 1. The van der Waals surface area contributed by atoms with Gasteiger partial charge in [0.25, 0.3) is 0 Å². The van der Waals surface area contributed by atoms with E-state index in [1.807, 2.05) is 24.3 Å². The van der Waals surface area contributed by atoms with Crippen molar-refractivity contribution < 1.29 is 4.79 Å². The topological polar surface area (TPSA) is 80.0 Å². The normalized spacial score (nSPS) is 10.2. The van der Waals surface area contributed by atoms with Crippen LogP contribution in [-0.4, -0.2) is 17.4 Å². The fourth-order valence-corrected chi connectivity index (χ4v) is 1.96. The average molecular weight is 305 g/mol. The summed E-state index contributed by atoms with van der Waals surface area (Å²) in [5, 5.41) is 6.62. The van der Waals surface area contributed by atoms with Crippen molar-refractivity contribution in [1.29, 1.82) is 0 Å². The number of rotatable bonds is 6. The minimum Gasteiger partial charge on any atom is -0.366 e. The van der Waals surface area contributed by atoms with Crippen LogP contribution in [0.4, 0.5) is 11.5 Å². The number of halogens is 1. The number of amides is 1. The molecular weight excluding hydrogens is 288 g/mol. The van der Waals surface area contributed by atoms with E-state index in [2.05, 4.69) is 15.6 Å². The van der Waals surface area contributed by atoms with Gasteiger partial charge >= 0.3 is 0 Å². The van der Waals surface area contributed by atoms with Crippen molar-refractivity contribution in [2.75, 3.05) is 17.2 Å². The molecule has 0 aliphatic heterocycles. The van der Waals surface area contributed by atoms with E-state index in [0.717, 1.165) is 10.6 Å². The molecule has 0 spiro atoms. The van der Waals surface area contributed by atoms with Gasteiger partial charge in [0.15, 0.2) is 0 Å². The Hall–Kier alpha value is -2.11. The lowest BCUT2D eigenvalue weighted by Crippen LogP contribution is -2.16. The van der Waals surface area contributed by atoms with E-state index >= 15 is 0 Å². The van der Waals surface area contributed by atoms with E-state index in [0.29, 0.717) is 31.0 Å². The van der Waals surface area contributed by atoms with Crippen LogP contribution in [0, 0.1) is 0 Å². The summed E-state index contributed by atoms with van der Waals surface area (Å²) in [5.74, 6) is 0.600. The van der Waals surface area contributed by atoms with Crippen molar-refractivity contribution >= 4 is 29.0 Å². The van der Waals surface area contributed by atoms with E-state index in [-0.39, 0.29) is 5.91 Å². The van der Waals surface area contributed by atoms with Gasteiger partial charge in [-0.15, -0.1) is 0 Å². The molecule has 0 radical (unpaired) electrons. The van der Waals surface area contributed by atoms with Crippen molar-refractivity contribution in [3.63, 3.8) is 0 Å². The summed E-state index contributed by atoms with van der Waals surface area (Å²) in [5.41, 5.74) is 6.97. The van der Waals surface area contributed by atoms with Crippen molar-refractivity contribution in [3.8, 4) is 0 Å². The number of benzene rings is 1. The maximum absolute atomic E-state index is 11.4. The van der Waals surface area contributed by atoms with Crippen LogP contribution in [0.25, 0.3) is 0 Å². The van der Waals surface area contributed by atoms with Crippen molar-refractivity contribution in [2.45, 2.75) is 13.0 Å². The van der Waals surface area contributed by atoms with E-state index in [1.54, 1.807) is 18.3 Å². The summed E-state index contributed by atoms with van der Waals surface area (Å²) in [6.07, 6.45) is 1.90. The molecule has 0 atom stereocenters. The predicted octanol–water partition coefficient (Wildman–Crippen LogP) is 2.63. The van der Waals surface area contributed by atoms with E-state index < -0.39 is 0 Å². The van der Waals surface area contributed by atoms with Crippen LogP contribution in [0.1, 0.15) is 12.0 Å². The van der Waals surface area contributed by atoms with Gasteiger partial charge in [-0.05, 0) is 23.8 Å². The number of carbonyl (C=O) groups excluding carboxylic acids is 1. The molecule has 0 saturated heterocycles. The zero-order valence-corrected chi connectivity index (χ0v) is 12.2. The summed E-state index contributed by atoms with van der Waals surface area (Å²) in [6.45, 7) is 0.919.